The molecule has 1 saturated heterocycles. The highest BCUT2D eigenvalue weighted by atomic mass is 32.1. The topological polar surface area (TPSA) is 61.4 Å². The number of carbonyl (C=O) groups excluding carboxylic acids is 1. The van der Waals surface area contributed by atoms with E-state index in [4.69, 9.17) is 4.98 Å². The zero-order chi connectivity index (χ0) is 23.8. The number of unbranched alkanes of at least 4 members (excludes halogenated alkanes) is 1. The second-order valence-electron chi connectivity index (χ2n) is 9.04. The van der Waals surface area contributed by atoms with Gasteiger partial charge >= 0.3 is 0 Å². The Balaban J connectivity index is 1.17. The minimum absolute atomic E-state index is 0.00986. The van der Waals surface area contributed by atoms with Crippen LogP contribution in [0.3, 0.4) is 0 Å². The zero-order valence-corrected chi connectivity index (χ0v) is 21.1. The molecule has 0 unspecified atom stereocenters. The summed E-state index contributed by atoms with van der Waals surface area (Å²) in [5.74, 6) is 0.906. The van der Waals surface area contributed by atoms with Gasteiger partial charge in [-0.2, -0.15) is 4.37 Å². The van der Waals surface area contributed by atoms with E-state index in [2.05, 4.69) is 69.7 Å². The zero-order valence-electron chi connectivity index (χ0n) is 20.3. The molecule has 2 aromatic carbocycles. The maximum absolute atomic E-state index is 12.4. The molecule has 1 amide bonds. The number of hydrogen-bond donors (Lipinski definition) is 1. The van der Waals surface area contributed by atoms with Crippen LogP contribution in [0.4, 0.5) is 5.13 Å². The first-order valence-electron chi connectivity index (χ1n) is 12.3. The monoisotopic (exact) mass is 477 g/mol. The molecule has 0 bridgehead atoms. The van der Waals surface area contributed by atoms with Crippen molar-refractivity contribution in [3.8, 4) is 0 Å². The molecule has 0 aliphatic carbocycles. The number of amides is 1. The van der Waals surface area contributed by atoms with Crippen molar-refractivity contribution >= 4 is 22.6 Å². The van der Waals surface area contributed by atoms with Gasteiger partial charge in [0.1, 0.15) is 5.82 Å². The van der Waals surface area contributed by atoms with Gasteiger partial charge in [-0.25, -0.2) is 4.98 Å². The highest BCUT2D eigenvalue weighted by molar-refractivity contribution is 7.09. The smallest absolute Gasteiger partial charge is 0.251 e. The van der Waals surface area contributed by atoms with E-state index in [1.807, 2.05) is 12.1 Å². The molecule has 2 heterocycles. The molecular weight excluding hydrogens is 442 g/mol. The van der Waals surface area contributed by atoms with Crippen molar-refractivity contribution < 1.29 is 4.79 Å². The average molecular weight is 478 g/mol. The predicted octanol–water partition coefficient (Wildman–Crippen LogP) is 4.33. The number of hydrogen-bond acceptors (Lipinski definition) is 6. The van der Waals surface area contributed by atoms with Crippen LogP contribution in [-0.2, 0) is 12.8 Å². The van der Waals surface area contributed by atoms with E-state index < -0.39 is 0 Å². The molecule has 0 spiro atoms. The Morgan fingerprint density at radius 1 is 1.00 bits per heavy atom. The summed E-state index contributed by atoms with van der Waals surface area (Å²) in [7, 11) is 0. The molecule has 0 saturated carbocycles. The second kappa shape index (κ2) is 12.1. The fourth-order valence-corrected chi connectivity index (χ4v) is 4.87. The van der Waals surface area contributed by atoms with Crippen LogP contribution in [0.1, 0.15) is 52.6 Å². The summed E-state index contributed by atoms with van der Waals surface area (Å²) in [5, 5.41) is 4.08. The van der Waals surface area contributed by atoms with Crippen molar-refractivity contribution in [2.24, 2.45) is 0 Å². The highest BCUT2D eigenvalue weighted by Crippen LogP contribution is 2.20. The Labute approximate surface area is 207 Å². The van der Waals surface area contributed by atoms with Crippen LogP contribution in [0.5, 0.6) is 0 Å². The van der Waals surface area contributed by atoms with Crippen LogP contribution >= 0.6 is 11.5 Å². The minimum atomic E-state index is 0.00986. The summed E-state index contributed by atoms with van der Waals surface area (Å²) in [6.45, 7) is 9.63. The average Bonchev–Trinajstić information content (AvgIpc) is 3.33. The highest BCUT2D eigenvalue weighted by Gasteiger charge is 2.20. The van der Waals surface area contributed by atoms with Crippen LogP contribution in [0.15, 0.2) is 48.5 Å². The number of carbonyl (C=O) groups is 1. The van der Waals surface area contributed by atoms with E-state index in [0.717, 1.165) is 62.1 Å². The molecule has 0 radical (unpaired) electrons. The largest absolute Gasteiger partial charge is 0.351 e. The summed E-state index contributed by atoms with van der Waals surface area (Å²) in [6.07, 6.45) is 4.23. The summed E-state index contributed by atoms with van der Waals surface area (Å²) >= 11 is 1.49. The second-order valence-corrected chi connectivity index (χ2v) is 9.77. The van der Waals surface area contributed by atoms with E-state index in [1.54, 1.807) is 0 Å². The van der Waals surface area contributed by atoms with Gasteiger partial charge in [0, 0.05) is 62.8 Å². The number of nitrogens with one attached hydrogen (secondary N) is 1. The Morgan fingerprint density at radius 2 is 1.71 bits per heavy atom. The molecule has 0 atom stereocenters. The maximum atomic E-state index is 12.4. The van der Waals surface area contributed by atoms with Crippen molar-refractivity contribution in [3.63, 3.8) is 0 Å². The normalized spacial score (nSPS) is 14.4. The lowest BCUT2D eigenvalue weighted by Gasteiger charge is -2.34. The molecule has 7 heteroatoms. The van der Waals surface area contributed by atoms with E-state index in [0.29, 0.717) is 6.54 Å². The third-order valence-electron chi connectivity index (χ3n) is 6.33. The van der Waals surface area contributed by atoms with Gasteiger partial charge in [-0.1, -0.05) is 55.3 Å². The number of nitrogens with zero attached hydrogens (tertiary/aromatic N) is 4. The van der Waals surface area contributed by atoms with E-state index in [-0.39, 0.29) is 5.91 Å². The first kappa shape index (κ1) is 24.4. The summed E-state index contributed by atoms with van der Waals surface area (Å²) in [5.41, 5.74) is 4.55. The van der Waals surface area contributed by atoms with Gasteiger partial charge in [0.2, 0.25) is 5.13 Å². The van der Waals surface area contributed by atoms with E-state index in [1.165, 1.54) is 41.1 Å². The third-order valence-corrected chi connectivity index (χ3v) is 7.15. The lowest BCUT2D eigenvalue weighted by molar-refractivity contribution is 0.0948. The first-order valence-corrected chi connectivity index (χ1v) is 13.1. The maximum Gasteiger partial charge on any atom is 0.251 e. The van der Waals surface area contributed by atoms with Crippen LogP contribution < -0.4 is 10.2 Å². The Morgan fingerprint density at radius 3 is 2.41 bits per heavy atom. The lowest BCUT2D eigenvalue weighted by atomic mass is 10.1. The fourth-order valence-electron chi connectivity index (χ4n) is 4.13. The number of rotatable bonds is 10. The van der Waals surface area contributed by atoms with Gasteiger partial charge in [-0.05, 0) is 43.0 Å². The molecule has 4 rings (SSSR count). The predicted molar refractivity (Wildman–Crippen MR) is 140 cm³/mol. The summed E-state index contributed by atoms with van der Waals surface area (Å²) in [6, 6.07) is 16.6. The van der Waals surface area contributed by atoms with Gasteiger partial charge in [0.15, 0.2) is 0 Å². The lowest BCUT2D eigenvalue weighted by Crippen LogP contribution is -2.48. The third kappa shape index (κ3) is 6.87. The van der Waals surface area contributed by atoms with Crippen molar-refractivity contribution in [1.29, 1.82) is 0 Å². The molecule has 1 aromatic heterocycles. The summed E-state index contributed by atoms with van der Waals surface area (Å²) in [4.78, 5) is 21.9. The molecular formula is C27H35N5OS. The molecule has 3 aromatic rings. The van der Waals surface area contributed by atoms with Crippen molar-refractivity contribution in [1.82, 2.24) is 19.6 Å². The quantitative estimate of drug-likeness (QED) is 0.471. The van der Waals surface area contributed by atoms with Gasteiger partial charge in [0.05, 0.1) is 0 Å². The Kier molecular flexibility index (Phi) is 8.66. The Hall–Kier alpha value is -2.77. The van der Waals surface area contributed by atoms with Crippen LogP contribution in [0, 0.1) is 6.92 Å². The molecule has 180 valence electrons. The van der Waals surface area contributed by atoms with E-state index >= 15 is 0 Å². The van der Waals surface area contributed by atoms with Crippen molar-refractivity contribution in [2.75, 3.05) is 44.2 Å². The molecule has 6 nitrogen and oxygen atoms in total. The number of benzene rings is 2. The van der Waals surface area contributed by atoms with Gasteiger partial charge in [-0.3, -0.25) is 9.69 Å². The van der Waals surface area contributed by atoms with Crippen molar-refractivity contribution in [2.45, 2.75) is 39.5 Å². The first-order chi connectivity index (χ1) is 16.6. The van der Waals surface area contributed by atoms with Crippen LogP contribution in [0.2, 0.25) is 0 Å². The molecule has 1 N–H and O–H groups in total. The van der Waals surface area contributed by atoms with Crippen LogP contribution in [-0.4, -0.2) is 59.4 Å². The van der Waals surface area contributed by atoms with Crippen LogP contribution in [0.25, 0.3) is 0 Å². The minimum Gasteiger partial charge on any atom is -0.351 e. The molecule has 1 aliphatic rings. The number of aromatic nitrogens is 2. The van der Waals surface area contributed by atoms with Gasteiger partial charge < -0.3 is 10.2 Å². The van der Waals surface area contributed by atoms with E-state index in [9.17, 15) is 4.79 Å². The fraction of sp³-hybridized carbons (Fsp3) is 0.444. The Bertz CT molecular complexity index is 1040. The number of piperazine rings is 1. The molecule has 1 aliphatic heterocycles. The van der Waals surface area contributed by atoms with Gasteiger partial charge in [-0.15, -0.1) is 0 Å². The van der Waals surface area contributed by atoms with Gasteiger partial charge in [0.25, 0.3) is 5.91 Å². The number of aryl methyl sites for hydroxylation is 2. The SMILES string of the molecule is CCCCc1ccc(C(=O)NCCN2CCN(c3nc(Cc4ccc(C)cc4)ns3)CC2)cc1. The summed E-state index contributed by atoms with van der Waals surface area (Å²) < 4.78 is 4.57. The molecule has 34 heavy (non-hydrogen) atoms. The number of anilines is 1. The standard InChI is InChI=1S/C27H35N5OS/c1-3-4-5-22-10-12-24(13-11-22)26(33)28-14-15-31-16-18-32(19-17-31)27-29-25(30-34-27)20-23-8-6-21(2)7-9-23/h6-13H,3-5,14-20H2,1-2H3,(H,28,33). The van der Waals surface area contributed by atoms with Crippen molar-refractivity contribution in [3.05, 3.63) is 76.6 Å². The molecule has 1 fully saturated rings.